The molecule has 2 N–H and O–H groups in total. The summed E-state index contributed by atoms with van der Waals surface area (Å²) in [6.45, 7) is 0. The van der Waals surface area contributed by atoms with Crippen molar-refractivity contribution in [1.82, 2.24) is 0 Å². The van der Waals surface area contributed by atoms with Gasteiger partial charge in [0.25, 0.3) is 0 Å². The normalized spacial score (nSPS) is 11.3. The first-order chi connectivity index (χ1) is 14.7. The molecule has 0 aromatic heterocycles. The maximum absolute atomic E-state index is 12.3. The molecule has 0 spiro atoms. The number of aryl methyl sites for hydroxylation is 1. The quantitative estimate of drug-likeness (QED) is 0.405. The smallest absolute Gasteiger partial charge is 0.228 e. The van der Waals surface area contributed by atoms with Crippen LogP contribution in [-0.2, 0) is 27.5 Å². The van der Waals surface area contributed by atoms with Gasteiger partial charge in [0.1, 0.15) is 10.6 Å². The van der Waals surface area contributed by atoms with Gasteiger partial charge in [0.2, 0.25) is 5.91 Å². The summed E-state index contributed by atoms with van der Waals surface area (Å²) in [5, 5.41) is 12.5. The summed E-state index contributed by atoms with van der Waals surface area (Å²) >= 11 is 5.19. The number of hydrogen-bond donors (Lipinski definition) is 2. The number of thioether (sulfide) groups is 1. The van der Waals surface area contributed by atoms with Crippen LogP contribution in [0.4, 0.5) is 5.69 Å². The van der Waals surface area contributed by atoms with Crippen LogP contribution < -0.4 is 5.32 Å². The van der Waals surface area contributed by atoms with E-state index in [1.807, 2.05) is 36.4 Å². The van der Waals surface area contributed by atoms with E-state index in [-0.39, 0.29) is 23.0 Å². The molecule has 8 heteroatoms. The van der Waals surface area contributed by atoms with E-state index >= 15 is 0 Å². The molecule has 0 atom stereocenters. The monoisotopic (exact) mass is 519 g/mol. The summed E-state index contributed by atoms with van der Waals surface area (Å²) < 4.78 is 24.5. The summed E-state index contributed by atoms with van der Waals surface area (Å²) in [5.74, 6) is 0.372. The molecule has 0 bridgehead atoms. The van der Waals surface area contributed by atoms with Gasteiger partial charge >= 0.3 is 0 Å². The number of nitrogens with one attached hydrogen (secondary N) is 1. The maximum Gasteiger partial charge on any atom is 0.228 e. The van der Waals surface area contributed by atoms with Gasteiger partial charge in [0.15, 0.2) is 9.84 Å². The molecule has 0 aliphatic heterocycles. The van der Waals surface area contributed by atoms with E-state index in [2.05, 4.69) is 33.4 Å². The molecular formula is C23H22BrNO4S2. The molecule has 0 radical (unpaired) electrons. The van der Waals surface area contributed by atoms with Crippen LogP contribution in [0.3, 0.4) is 0 Å². The number of carbonyl (C=O) groups excluding carboxylic acids is 1. The van der Waals surface area contributed by atoms with Crippen molar-refractivity contribution < 1.29 is 18.3 Å². The minimum atomic E-state index is -3.57. The van der Waals surface area contributed by atoms with Crippen molar-refractivity contribution in [1.29, 1.82) is 0 Å². The first kappa shape index (κ1) is 23.4. The number of benzene rings is 3. The van der Waals surface area contributed by atoms with Crippen LogP contribution in [-0.4, -0.2) is 31.4 Å². The fraction of sp³-hybridized carbons (Fsp3) is 0.174. The van der Waals surface area contributed by atoms with Crippen molar-refractivity contribution in [3.05, 3.63) is 82.3 Å². The molecule has 0 saturated heterocycles. The third kappa shape index (κ3) is 7.12. The zero-order chi connectivity index (χ0) is 22.4. The zero-order valence-electron chi connectivity index (χ0n) is 16.8. The first-order valence-corrected chi connectivity index (χ1v) is 13.2. The van der Waals surface area contributed by atoms with Crippen LogP contribution >= 0.6 is 27.7 Å². The summed E-state index contributed by atoms with van der Waals surface area (Å²) in [4.78, 5) is 13.3. The predicted octanol–water partition coefficient (Wildman–Crippen LogP) is 5.07. The van der Waals surface area contributed by atoms with Crippen molar-refractivity contribution in [2.75, 3.05) is 17.3 Å². The van der Waals surface area contributed by atoms with Crippen LogP contribution in [0, 0.1) is 0 Å². The van der Waals surface area contributed by atoms with Crippen molar-refractivity contribution >= 4 is 49.1 Å². The molecule has 1 amide bonds. The van der Waals surface area contributed by atoms with Gasteiger partial charge in [-0.05, 0) is 66.1 Å². The lowest BCUT2D eigenvalue weighted by Gasteiger charge is -2.09. The van der Waals surface area contributed by atoms with Crippen molar-refractivity contribution in [2.45, 2.75) is 22.6 Å². The maximum atomic E-state index is 12.3. The summed E-state index contributed by atoms with van der Waals surface area (Å²) in [7, 11) is -3.57. The van der Waals surface area contributed by atoms with E-state index in [9.17, 15) is 18.3 Å². The minimum Gasteiger partial charge on any atom is -0.507 e. The number of hydrogen-bond acceptors (Lipinski definition) is 5. The number of aromatic hydroxyl groups is 1. The minimum absolute atomic E-state index is 0.00644. The molecule has 0 saturated carbocycles. The largest absolute Gasteiger partial charge is 0.507 e. The number of sulfone groups is 1. The molecule has 0 aliphatic rings. The zero-order valence-corrected chi connectivity index (χ0v) is 20.1. The van der Waals surface area contributed by atoms with Crippen molar-refractivity contribution in [2.24, 2.45) is 0 Å². The highest BCUT2D eigenvalue weighted by molar-refractivity contribution is 9.10. The van der Waals surface area contributed by atoms with Gasteiger partial charge in [-0.15, -0.1) is 11.8 Å². The molecule has 162 valence electrons. The van der Waals surface area contributed by atoms with Gasteiger partial charge in [-0.1, -0.05) is 34.1 Å². The van der Waals surface area contributed by atoms with Gasteiger partial charge in [-0.2, -0.15) is 0 Å². The van der Waals surface area contributed by atoms with E-state index in [1.54, 1.807) is 11.8 Å². The Kier molecular flexibility index (Phi) is 7.80. The Morgan fingerprint density at radius 2 is 1.65 bits per heavy atom. The van der Waals surface area contributed by atoms with Gasteiger partial charge in [0.05, 0.1) is 6.42 Å². The van der Waals surface area contributed by atoms with E-state index in [0.29, 0.717) is 11.3 Å². The Labute approximate surface area is 194 Å². The Morgan fingerprint density at radius 1 is 1.00 bits per heavy atom. The lowest BCUT2D eigenvalue weighted by molar-refractivity contribution is -0.115. The number of halogens is 1. The Morgan fingerprint density at radius 3 is 2.29 bits per heavy atom. The molecule has 0 fully saturated rings. The standard InChI is InChI=1S/C23H22BrNO4S2/c1-31(28,29)22-14-17(4-11-21(22)26)15-23(27)25-19-7-9-20(10-8-19)30-13-12-16-2-5-18(24)6-3-16/h2-11,14,26H,12-13,15H2,1H3,(H,25,27). The molecule has 3 rings (SSSR count). The number of rotatable bonds is 8. The second kappa shape index (κ2) is 10.3. The van der Waals surface area contributed by atoms with Gasteiger partial charge < -0.3 is 10.4 Å². The topological polar surface area (TPSA) is 83.5 Å². The van der Waals surface area contributed by atoms with E-state index in [0.717, 1.165) is 27.8 Å². The van der Waals surface area contributed by atoms with E-state index in [4.69, 9.17) is 0 Å². The lowest BCUT2D eigenvalue weighted by Crippen LogP contribution is -2.14. The number of phenolic OH excluding ortho intramolecular Hbond substituents is 1. The van der Waals surface area contributed by atoms with Crippen LogP contribution in [0.15, 0.2) is 81.0 Å². The number of amides is 1. The third-order valence-electron chi connectivity index (χ3n) is 4.50. The molecule has 0 unspecified atom stereocenters. The fourth-order valence-electron chi connectivity index (χ4n) is 2.93. The highest BCUT2D eigenvalue weighted by Gasteiger charge is 2.15. The number of anilines is 1. The molecule has 3 aromatic carbocycles. The average Bonchev–Trinajstić information content (AvgIpc) is 2.71. The molecular weight excluding hydrogens is 498 g/mol. The number of carbonyl (C=O) groups is 1. The van der Waals surface area contributed by atoms with Gasteiger partial charge in [-0.25, -0.2) is 8.42 Å². The van der Waals surface area contributed by atoms with Gasteiger partial charge in [-0.3, -0.25) is 4.79 Å². The van der Waals surface area contributed by atoms with E-state index < -0.39 is 9.84 Å². The molecule has 0 aliphatic carbocycles. The van der Waals surface area contributed by atoms with Crippen LogP contribution in [0.5, 0.6) is 5.75 Å². The second-order valence-corrected chi connectivity index (χ2v) is 11.1. The Balaban J connectivity index is 1.52. The lowest BCUT2D eigenvalue weighted by atomic mass is 10.1. The summed E-state index contributed by atoms with van der Waals surface area (Å²) in [5.41, 5.74) is 2.47. The number of phenols is 1. The van der Waals surface area contributed by atoms with Gasteiger partial charge in [0, 0.05) is 27.1 Å². The van der Waals surface area contributed by atoms with Crippen LogP contribution in [0.1, 0.15) is 11.1 Å². The molecule has 5 nitrogen and oxygen atoms in total. The molecule has 3 aromatic rings. The Bertz CT molecular complexity index is 1160. The fourth-order valence-corrected chi connectivity index (χ4v) is 4.91. The predicted molar refractivity (Wildman–Crippen MR) is 129 cm³/mol. The van der Waals surface area contributed by atoms with Crippen LogP contribution in [0.25, 0.3) is 0 Å². The van der Waals surface area contributed by atoms with Crippen LogP contribution in [0.2, 0.25) is 0 Å². The Hall–Kier alpha value is -2.29. The summed E-state index contributed by atoms with van der Waals surface area (Å²) in [6, 6.07) is 20.1. The highest BCUT2D eigenvalue weighted by atomic mass is 79.9. The highest BCUT2D eigenvalue weighted by Crippen LogP contribution is 2.25. The average molecular weight is 520 g/mol. The third-order valence-corrected chi connectivity index (χ3v) is 7.17. The van der Waals surface area contributed by atoms with Crippen molar-refractivity contribution in [3.63, 3.8) is 0 Å². The SMILES string of the molecule is CS(=O)(=O)c1cc(CC(=O)Nc2ccc(SCCc3ccc(Br)cc3)cc2)ccc1O. The first-order valence-electron chi connectivity index (χ1n) is 9.50. The molecule has 0 heterocycles. The van der Waals surface area contributed by atoms with Crippen molar-refractivity contribution in [3.8, 4) is 5.75 Å². The van der Waals surface area contributed by atoms with E-state index in [1.165, 1.54) is 23.8 Å². The second-order valence-electron chi connectivity index (χ2n) is 7.05. The molecule has 31 heavy (non-hydrogen) atoms. The summed E-state index contributed by atoms with van der Waals surface area (Å²) in [6.07, 6.45) is 2.00.